The number of ether oxygens (including phenoxy) is 1. The molecule has 0 radical (unpaired) electrons. The average molecular weight is 176 g/mol. The van der Waals surface area contributed by atoms with Gasteiger partial charge in [-0.2, -0.15) is 0 Å². The number of rotatable bonds is 5. The van der Waals surface area contributed by atoms with Gasteiger partial charge in [-0.3, -0.25) is 0 Å². The van der Waals surface area contributed by atoms with Gasteiger partial charge in [0.2, 0.25) is 0 Å². The fourth-order valence-electron chi connectivity index (χ4n) is 0.751. The van der Waals surface area contributed by atoms with E-state index in [9.17, 15) is 0 Å². The number of aliphatic hydroxyl groups is 3. The lowest BCUT2D eigenvalue weighted by atomic mass is 9.92. The Hall–Kier alpha value is -0.740. The maximum atomic E-state index is 8.95. The van der Waals surface area contributed by atoms with Crippen molar-refractivity contribution < 1.29 is 20.1 Å². The highest BCUT2D eigenvalue weighted by Crippen LogP contribution is 2.22. The minimum Gasteiger partial charge on any atom is -0.481 e. The molecule has 0 aromatic rings. The Morgan fingerprint density at radius 2 is 2.08 bits per heavy atom. The van der Waals surface area contributed by atoms with Crippen LogP contribution in [0, 0.1) is 5.92 Å². The lowest BCUT2D eigenvalue weighted by Gasteiger charge is -2.32. The van der Waals surface area contributed by atoms with Crippen LogP contribution in [0.3, 0.4) is 0 Å². The van der Waals surface area contributed by atoms with Crippen LogP contribution in [0.25, 0.3) is 0 Å². The summed E-state index contributed by atoms with van der Waals surface area (Å²) in [6.07, 6.45) is 0. The van der Waals surface area contributed by atoms with Gasteiger partial charge in [-0.25, -0.2) is 0 Å². The van der Waals surface area contributed by atoms with E-state index in [-0.39, 0.29) is 19.1 Å². The molecule has 12 heavy (non-hydrogen) atoms. The van der Waals surface area contributed by atoms with Crippen LogP contribution in [0.5, 0.6) is 0 Å². The molecular weight excluding hydrogens is 160 g/mol. The molecule has 4 heteroatoms. The molecular formula is C8H16O4. The second kappa shape index (κ2) is 4.33. The first kappa shape index (κ1) is 11.3. The summed E-state index contributed by atoms with van der Waals surface area (Å²) >= 11 is 0. The molecule has 72 valence electrons. The maximum absolute atomic E-state index is 8.95. The summed E-state index contributed by atoms with van der Waals surface area (Å²) in [4.78, 5) is 0. The quantitative estimate of drug-likeness (QED) is 0.531. The molecule has 0 aliphatic heterocycles. The van der Waals surface area contributed by atoms with Crippen molar-refractivity contribution in [3.63, 3.8) is 0 Å². The van der Waals surface area contributed by atoms with Crippen molar-refractivity contribution in [2.24, 2.45) is 5.92 Å². The first-order chi connectivity index (χ1) is 5.46. The predicted molar refractivity (Wildman–Crippen MR) is 44.6 cm³/mol. The van der Waals surface area contributed by atoms with E-state index in [2.05, 4.69) is 6.58 Å². The van der Waals surface area contributed by atoms with Crippen LogP contribution in [0.1, 0.15) is 13.8 Å². The Labute approximate surface area is 72.1 Å². The zero-order valence-electron chi connectivity index (χ0n) is 7.45. The first-order valence-electron chi connectivity index (χ1n) is 3.75. The summed E-state index contributed by atoms with van der Waals surface area (Å²) in [7, 11) is 0. The third kappa shape index (κ3) is 2.71. The Bertz CT molecular complexity index is 157. The fourth-order valence-corrected chi connectivity index (χ4v) is 0.751. The van der Waals surface area contributed by atoms with E-state index in [1.807, 2.05) is 0 Å². The van der Waals surface area contributed by atoms with Gasteiger partial charge in [-0.15, -0.1) is 0 Å². The number of aliphatic hydroxyl groups excluding tert-OH is 3. The van der Waals surface area contributed by atoms with E-state index in [0.29, 0.717) is 0 Å². The van der Waals surface area contributed by atoms with Gasteiger partial charge in [0.1, 0.15) is 5.60 Å². The summed E-state index contributed by atoms with van der Waals surface area (Å²) in [6.45, 7) is 6.04. The molecule has 0 heterocycles. The molecule has 0 rings (SSSR count). The Morgan fingerprint density at radius 3 is 2.33 bits per heavy atom. The lowest BCUT2D eigenvalue weighted by molar-refractivity contribution is -0.110. The molecule has 2 atom stereocenters. The topological polar surface area (TPSA) is 69.9 Å². The van der Waals surface area contributed by atoms with Gasteiger partial charge in [0.15, 0.2) is 0 Å². The summed E-state index contributed by atoms with van der Waals surface area (Å²) in [5.74, 6) is -0.724. The second-order valence-corrected chi connectivity index (χ2v) is 3.05. The van der Waals surface area contributed by atoms with Crippen molar-refractivity contribution in [2.45, 2.75) is 19.4 Å². The van der Waals surface area contributed by atoms with Gasteiger partial charge in [0.05, 0.1) is 6.61 Å². The van der Waals surface area contributed by atoms with Gasteiger partial charge in [-0.05, 0) is 13.5 Å². The van der Waals surface area contributed by atoms with Crippen LogP contribution in [0.4, 0.5) is 0 Å². The van der Waals surface area contributed by atoms with E-state index < -0.39 is 11.5 Å². The van der Waals surface area contributed by atoms with E-state index in [0.717, 1.165) is 0 Å². The number of hydrogen-bond donors (Lipinski definition) is 3. The minimum absolute atomic E-state index is 0.121. The van der Waals surface area contributed by atoms with Gasteiger partial charge >= 0.3 is 0 Å². The van der Waals surface area contributed by atoms with Crippen molar-refractivity contribution in [1.29, 1.82) is 0 Å². The minimum atomic E-state index is -0.972. The van der Waals surface area contributed by atoms with Crippen molar-refractivity contribution in [1.82, 2.24) is 0 Å². The smallest absolute Gasteiger partial charge is 0.269 e. The van der Waals surface area contributed by atoms with Crippen LogP contribution >= 0.6 is 0 Å². The van der Waals surface area contributed by atoms with Crippen LogP contribution < -0.4 is 0 Å². The van der Waals surface area contributed by atoms with E-state index >= 15 is 0 Å². The molecule has 2 unspecified atom stereocenters. The lowest BCUT2D eigenvalue weighted by Crippen LogP contribution is -2.41. The molecule has 0 aliphatic rings. The summed E-state index contributed by atoms with van der Waals surface area (Å²) in [5, 5.41) is 26.5. The zero-order chi connectivity index (χ0) is 9.78. The Morgan fingerprint density at radius 1 is 1.58 bits per heavy atom. The molecule has 0 saturated heterocycles. The third-order valence-corrected chi connectivity index (χ3v) is 1.98. The van der Waals surface area contributed by atoms with Crippen molar-refractivity contribution in [2.75, 3.05) is 13.2 Å². The molecule has 3 N–H and O–H groups in total. The highest BCUT2D eigenvalue weighted by Gasteiger charge is 2.32. The van der Waals surface area contributed by atoms with Gasteiger partial charge < -0.3 is 20.1 Å². The molecule has 0 amide bonds. The molecule has 4 nitrogen and oxygen atoms in total. The maximum Gasteiger partial charge on any atom is 0.269 e. The van der Waals surface area contributed by atoms with E-state index in [1.54, 1.807) is 13.8 Å². The van der Waals surface area contributed by atoms with Crippen LogP contribution in [-0.4, -0.2) is 34.1 Å². The molecule has 0 aromatic carbocycles. The third-order valence-electron chi connectivity index (χ3n) is 1.98. The van der Waals surface area contributed by atoms with Gasteiger partial charge in [0, 0.05) is 12.5 Å². The van der Waals surface area contributed by atoms with Crippen LogP contribution in [-0.2, 0) is 4.74 Å². The second-order valence-electron chi connectivity index (χ2n) is 3.05. The highest BCUT2D eigenvalue weighted by molar-refractivity contribution is 4.84. The standard InChI is InChI=1S/C8H16O4/c1-6(4-9)8(3,5-10)12-7(2)11/h6,9-11H,2,4-5H2,1,3H3. The number of hydrogen-bond acceptors (Lipinski definition) is 4. The van der Waals surface area contributed by atoms with Crippen LogP contribution in [0.2, 0.25) is 0 Å². The summed E-state index contributed by atoms with van der Waals surface area (Å²) in [6, 6.07) is 0. The zero-order valence-corrected chi connectivity index (χ0v) is 7.45. The van der Waals surface area contributed by atoms with Gasteiger partial charge in [0.25, 0.3) is 5.95 Å². The first-order valence-corrected chi connectivity index (χ1v) is 3.75. The van der Waals surface area contributed by atoms with E-state index in [1.165, 1.54) is 0 Å². The summed E-state index contributed by atoms with van der Waals surface area (Å²) in [5.41, 5.74) is -0.972. The molecule has 0 aromatic heterocycles. The summed E-state index contributed by atoms with van der Waals surface area (Å²) < 4.78 is 4.89. The molecule has 0 bridgehead atoms. The monoisotopic (exact) mass is 176 g/mol. The fraction of sp³-hybridized carbons (Fsp3) is 0.750. The molecule has 0 saturated carbocycles. The van der Waals surface area contributed by atoms with Crippen molar-refractivity contribution in [3.8, 4) is 0 Å². The SMILES string of the molecule is C=C(O)OC(C)(CO)C(C)CO. The molecule has 0 fully saturated rings. The largest absolute Gasteiger partial charge is 0.481 e. The average Bonchev–Trinajstić information content (AvgIpc) is 2.01. The Balaban J connectivity index is 4.32. The van der Waals surface area contributed by atoms with Crippen molar-refractivity contribution >= 4 is 0 Å². The van der Waals surface area contributed by atoms with E-state index in [4.69, 9.17) is 20.1 Å². The van der Waals surface area contributed by atoms with Gasteiger partial charge in [-0.1, -0.05) is 6.92 Å². The normalized spacial score (nSPS) is 18.0. The Kier molecular flexibility index (Phi) is 4.06. The molecule has 0 aliphatic carbocycles. The highest BCUT2D eigenvalue weighted by atomic mass is 16.6. The van der Waals surface area contributed by atoms with Crippen LogP contribution in [0.15, 0.2) is 12.5 Å². The molecule has 0 spiro atoms. The van der Waals surface area contributed by atoms with Crippen molar-refractivity contribution in [3.05, 3.63) is 12.5 Å². The predicted octanol–water partition coefficient (Wildman–Crippen LogP) is 0.412.